The highest BCUT2D eigenvalue weighted by atomic mass is 79.9. The molecule has 0 aliphatic rings. The van der Waals surface area contributed by atoms with E-state index in [1.54, 1.807) is 6.07 Å². The molecule has 0 unspecified atom stereocenters. The average molecular weight is 341 g/mol. The van der Waals surface area contributed by atoms with Crippen molar-refractivity contribution in [1.29, 1.82) is 0 Å². The van der Waals surface area contributed by atoms with Gasteiger partial charge in [-0.15, -0.1) is 0 Å². The summed E-state index contributed by atoms with van der Waals surface area (Å²) in [6.07, 6.45) is 1.49. The lowest BCUT2D eigenvalue weighted by Gasteiger charge is -2.09. The summed E-state index contributed by atoms with van der Waals surface area (Å²) >= 11 is 3.20. The highest BCUT2D eigenvalue weighted by Gasteiger charge is 2.14. The number of anilines is 1. The van der Waals surface area contributed by atoms with Crippen LogP contribution in [0.1, 0.15) is 10.5 Å². The van der Waals surface area contributed by atoms with E-state index in [0.717, 1.165) is 0 Å². The van der Waals surface area contributed by atoms with Gasteiger partial charge in [0.1, 0.15) is 18.1 Å². The minimum atomic E-state index is -1.05. The Morgan fingerprint density at radius 2 is 2.10 bits per heavy atom. The van der Waals surface area contributed by atoms with Gasteiger partial charge in [0.2, 0.25) is 0 Å². The van der Waals surface area contributed by atoms with Crippen LogP contribution >= 0.6 is 15.9 Å². The Morgan fingerprint density at radius 3 is 2.80 bits per heavy atom. The van der Waals surface area contributed by atoms with E-state index in [1.165, 1.54) is 35.0 Å². The summed E-state index contributed by atoms with van der Waals surface area (Å²) in [6, 6.07) is 6.96. The van der Waals surface area contributed by atoms with Gasteiger partial charge in [0.05, 0.1) is 5.69 Å². The highest BCUT2D eigenvalue weighted by molar-refractivity contribution is 9.10. The molecule has 0 fully saturated rings. The summed E-state index contributed by atoms with van der Waals surface area (Å²) < 4.78 is 15.0. The second-order valence-electron chi connectivity index (χ2n) is 3.99. The van der Waals surface area contributed by atoms with Crippen LogP contribution in [-0.2, 0) is 11.3 Å². The van der Waals surface area contributed by atoms with Crippen LogP contribution in [0.2, 0.25) is 0 Å². The Morgan fingerprint density at radius 1 is 1.35 bits per heavy atom. The average Bonchev–Trinajstić information content (AvgIpc) is 2.81. The van der Waals surface area contributed by atoms with E-state index >= 15 is 0 Å². The third-order valence-electron chi connectivity index (χ3n) is 2.54. The van der Waals surface area contributed by atoms with Crippen LogP contribution < -0.4 is 5.32 Å². The first kappa shape index (κ1) is 14.3. The van der Waals surface area contributed by atoms with Crippen molar-refractivity contribution >= 4 is 33.5 Å². The molecule has 104 valence electrons. The maximum Gasteiger partial charge on any atom is 0.323 e. The maximum absolute atomic E-state index is 13.1. The molecule has 0 atom stereocenters. The second-order valence-corrected chi connectivity index (χ2v) is 4.85. The highest BCUT2D eigenvalue weighted by Crippen LogP contribution is 2.23. The Hall–Kier alpha value is -2.15. The quantitative estimate of drug-likeness (QED) is 0.898. The van der Waals surface area contributed by atoms with E-state index in [-0.39, 0.29) is 17.9 Å². The number of carbonyl (C=O) groups is 2. The number of rotatable bonds is 4. The predicted octanol–water partition coefficient (Wildman–Crippen LogP) is 2.73. The number of benzene rings is 1. The monoisotopic (exact) mass is 340 g/mol. The summed E-state index contributed by atoms with van der Waals surface area (Å²) in [6.45, 7) is -0.319. The zero-order valence-corrected chi connectivity index (χ0v) is 11.7. The third kappa shape index (κ3) is 3.24. The third-order valence-corrected chi connectivity index (χ3v) is 3.24. The number of nitrogens with one attached hydrogen (secondary N) is 1. The van der Waals surface area contributed by atoms with Gasteiger partial charge >= 0.3 is 5.97 Å². The van der Waals surface area contributed by atoms with Gasteiger partial charge in [-0.05, 0) is 46.3 Å². The normalized spacial score (nSPS) is 10.3. The number of aliphatic carboxylic acids is 1. The SMILES string of the molecule is O=C(O)Cn1cccc1C(=O)Nc1cc(F)ccc1Br. The van der Waals surface area contributed by atoms with Crippen molar-refractivity contribution in [3.8, 4) is 0 Å². The summed E-state index contributed by atoms with van der Waals surface area (Å²) in [5.74, 6) is -2.05. The zero-order valence-electron chi connectivity index (χ0n) is 10.1. The van der Waals surface area contributed by atoms with E-state index in [0.29, 0.717) is 4.47 Å². The molecule has 1 heterocycles. The van der Waals surface area contributed by atoms with Gasteiger partial charge in [0.15, 0.2) is 0 Å². The van der Waals surface area contributed by atoms with E-state index in [9.17, 15) is 14.0 Å². The number of carboxylic acid groups (broad SMARTS) is 1. The number of nitrogens with zero attached hydrogens (tertiary/aromatic N) is 1. The molecular weight excluding hydrogens is 331 g/mol. The maximum atomic E-state index is 13.1. The number of amides is 1. The molecule has 0 radical (unpaired) electrons. The topological polar surface area (TPSA) is 71.3 Å². The zero-order chi connectivity index (χ0) is 14.7. The first-order valence-corrected chi connectivity index (χ1v) is 6.40. The van der Waals surface area contributed by atoms with Crippen LogP contribution in [0, 0.1) is 5.82 Å². The molecule has 2 N–H and O–H groups in total. The molecule has 5 nitrogen and oxygen atoms in total. The first-order valence-electron chi connectivity index (χ1n) is 5.60. The fourth-order valence-corrected chi connectivity index (χ4v) is 2.03. The van der Waals surface area contributed by atoms with Gasteiger partial charge in [-0.3, -0.25) is 9.59 Å². The molecule has 1 aromatic carbocycles. The van der Waals surface area contributed by atoms with Crippen molar-refractivity contribution < 1.29 is 19.1 Å². The van der Waals surface area contributed by atoms with Crippen molar-refractivity contribution in [3.05, 3.63) is 52.5 Å². The number of hydrogen-bond acceptors (Lipinski definition) is 2. The first-order chi connectivity index (χ1) is 9.47. The standard InChI is InChI=1S/C13H10BrFN2O3/c14-9-4-3-8(15)6-10(9)16-13(20)11-2-1-5-17(11)7-12(18)19/h1-6H,7H2,(H,16,20)(H,18,19). The molecular formula is C13H10BrFN2O3. The molecule has 0 saturated carbocycles. The van der Waals surface area contributed by atoms with Crippen molar-refractivity contribution in [2.45, 2.75) is 6.54 Å². The molecule has 7 heteroatoms. The lowest BCUT2D eigenvalue weighted by atomic mass is 10.3. The molecule has 0 aliphatic carbocycles. The van der Waals surface area contributed by atoms with Gasteiger partial charge < -0.3 is 15.0 Å². The van der Waals surface area contributed by atoms with E-state index in [2.05, 4.69) is 21.2 Å². The fourth-order valence-electron chi connectivity index (χ4n) is 1.68. The van der Waals surface area contributed by atoms with Crippen LogP contribution in [-0.4, -0.2) is 21.6 Å². The molecule has 0 spiro atoms. The van der Waals surface area contributed by atoms with Gasteiger partial charge in [-0.25, -0.2) is 4.39 Å². The van der Waals surface area contributed by atoms with Crippen molar-refractivity contribution in [1.82, 2.24) is 4.57 Å². The number of carboxylic acids is 1. The number of halogens is 2. The van der Waals surface area contributed by atoms with Gasteiger partial charge in [-0.2, -0.15) is 0 Å². The van der Waals surface area contributed by atoms with Crippen molar-refractivity contribution in [2.75, 3.05) is 5.32 Å². The minimum Gasteiger partial charge on any atom is -0.480 e. The molecule has 0 bridgehead atoms. The smallest absolute Gasteiger partial charge is 0.323 e. The lowest BCUT2D eigenvalue weighted by molar-refractivity contribution is -0.137. The molecule has 0 saturated heterocycles. The van der Waals surface area contributed by atoms with E-state index in [1.807, 2.05) is 0 Å². The van der Waals surface area contributed by atoms with Crippen LogP contribution in [0.4, 0.5) is 10.1 Å². The fraction of sp³-hybridized carbons (Fsp3) is 0.0769. The summed E-state index contributed by atoms with van der Waals surface area (Å²) in [5.41, 5.74) is 0.460. The molecule has 20 heavy (non-hydrogen) atoms. The summed E-state index contributed by atoms with van der Waals surface area (Å²) in [7, 11) is 0. The van der Waals surface area contributed by atoms with Gasteiger partial charge in [0.25, 0.3) is 5.91 Å². The van der Waals surface area contributed by atoms with Gasteiger partial charge in [-0.1, -0.05) is 0 Å². The van der Waals surface area contributed by atoms with Crippen LogP contribution in [0.5, 0.6) is 0 Å². The molecule has 1 amide bonds. The van der Waals surface area contributed by atoms with Crippen LogP contribution in [0.25, 0.3) is 0 Å². The number of aromatic nitrogens is 1. The molecule has 1 aromatic heterocycles. The van der Waals surface area contributed by atoms with E-state index in [4.69, 9.17) is 5.11 Å². The summed E-state index contributed by atoms with van der Waals surface area (Å²) in [5, 5.41) is 11.3. The number of carbonyl (C=O) groups excluding carboxylic acids is 1. The largest absolute Gasteiger partial charge is 0.480 e. The molecule has 0 aliphatic heterocycles. The Labute approximate surface area is 122 Å². The van der Waals surface area contributed by atoms with Crippen LogP contribution in [0.3, 0.4) is 0 Å². The van der Waals surface area contributed by atoms with Crippen molar-refractivity contribution in [2.24, 2.45) is 0 Å². The second kappa shape index (κ2) is 5.87. The van der Waals surface area contributed by atoms with E-state index < -0.39 is 17.7 Å². The predicted molar refractivity (Wildman–Crippen MR) is 74.1 cm³/mol. The van der Waals surface area contributed by atoms with Gasteiger partial charge in [0, 0.05) is 10.7 Å². The summed E-state index contributed by atoms with van der Waals surface area (Å²) in [4.78, 5) is 22.8. The Kier molecular flexibility index (Phi) is 4.19. The lowest BCUT2D eigenvalue weighted by Crippen LogP contribution is -2.19. The van der Waals surface area contributed by atoms with Crippen LogP contribution in [0.15, 0.2) is 41.0 Å². The molecule has 2 rings (SSSR count). The number of hydrogen-bond donors (Lipinski definition) is 2. The Balaban J connectivity index is 2.22. The van der Waals surface area contributed by atoms with Crippen molar-refractivity contribution in [3.63, 3.8) is 0 Å². The minimum absolute atomic E-state index is 0.184. The Bertz CT molecular complexity index is 669. The molecule has 2 aromatic rings.